The van der Waals surface area contributed by atoms with E-state index in [0.29, 0.717) is 12.2 Å². The van der Waals surface area contributed by atoms with Gasteiger partial charge in [0.25, 0.3) is 0 Å². The minimum Gasteiger partial charge on any atom is -0.405 e. The number of para-hydroxylation sites is 1. The summed E-state index contributed by atoms with van der Waals surface area (Å²) in [6.07, 6.45) is -0.402. The Kier molecular flexibility index (Phi) is 6.28. The molecule has 0 aliphatic carbocycles. The van der Waals surface area contributed by atoms with Crippen LogP contribution in [0.15, 0.2) is 66.9 Å². The summed E-state index contributed by atoms with van der Waals surface area (Å²) in [7, 11) is 0. The summed E-state index contributed by atoms with van der Waals surface area (Å²) in [4.78, 5) is 12.0. The molecule has 3 aromatic rings. The summed E-state index contributed by atoms with van der Waals surface area (Å²) in [5.41, 5.74) is 1.75. The van der Waals surface area contributed by atoms with Gasteiger partial charge in [-0.15, -0.1) is 18.3 Å². The monoisotopic (exact) mass is 402 g/mol. The highest BCUT2D eigenvalue weighted by atomic mass is 19.4. The lowest BCUT2D eigenvalue weighted by Gasteiger charge is -2.13. The van der Waals surface area contributed by atoms with E-state index in [1.807, 2.05) is 30.3 Å². The number of halogens is 3. The first kappa shape index (κ1) is 20.1. The molecular formula is C20H17F3N4O2. The highest BCUT2D eigenvalue weighted by Crippen LogP contribution is 2.26. The predicted octanol–water partition coefficient (Wildman–Crippen LogP) is 3.55. The van der Waals surface area contributed by atoms with Gasteiger partial charge in [0.1, 0.15) is 11.4 Å². The van der Waals surface area contributed by atoms with Gasteiger partial charge < -0.3 is 10.1 Å². The number of nitrogens with zero attached hydrogens (tertiary/aromatic N) is 3. The molecule has 2 aromatic carbocycles. The Balaban J connectivity index is 1.54. The second-order valence-corrected chi connectivity index (χ2v) is 6.03. The van der Waals surface area contributed by atoms with Gasteiger partial charge in [-0.05, 0) is 17.7 Å². The average Bonchev–Trinajstić information content (AvgIpc) is 3.12. The quantitative estimate of drug-likeness (QED) is 0.614. The Morgan fingerprint density at radius 3 is 2.59 bits per heavy atom. The third-order valence-corrected chi connectivity index (χ3v) is 3.80. The molecule has 150 valence electrons. The number of rotatable bonds is 7. The molecule has 0 aliphatic rings. The summed E-state index contributed by atoms with van der Waals surface area (Å²) in [6, 6.07) is 15.3. The molecule has 1 amide bonds. The first-order valence-electron chi connectivity index (χ1n) is 8.63. The minimum absolute atomic E-state index is 0.115. The molecule has 6 nitrogen and oxygen atoms in total. The molecule has 1 heterocycles. The van der Waals surface area contributed by atoms with Crippen molar-refractivity contribution in [1.82, 2.24) is 20.3 Å². The molecule has 0 saturated carbocycles. The van der Waals surface area contributed by atoms with Crippen molar-refractivity contribution in [3.05, 3.63) is 83.7 Å². The molecule has 29 heavy (non-hydrogen) atoms. The molecule has 3 rings (SSSR count). The Labute approximate surface area is 164 Å². The van der Waals surface area contributed by atoms with Gasteiger partial charge in [0.2, 0.25) is 5.91 Å². The molecular weight excluding hydrogens is 385 g/mol. The van der Waals surface area contributed by atoms with Crippen molar-refractivity contribution < 1.29 is 22.7 Å². The summed E-state index contributed by atoms with van der Waals surface area (Å²) >= 11 is 0. The summed E-state index contributed by atoms with van der Waals surface area (Å²) < 4.78 is 42.9. The van der Waals surface area contributed by atoms with Gasteiger partial charge >= 0.3 is 6.36 Å². The van der Waals surface area contributed by atoms with Crippen molar-refractivity contribution in [2.45, 2.75) is 19.5 Å². The van der Waals surface area contributed by atoms with Crippen LogP contribution in [-0.4, -0.2) is 27.3 Å². The maximum atomic E-state index is 12.4. The fraction of sp³-hybridized carbons (Fsp3) is 0.150. The van der Waals surface area contributed by atoms with Gasteiger partial charge in [0.15, 0.2) is 0 Å². The number of aromatic nitrogens is 3. The van der Waals surface area contributed by atoms with Crippen LogP contribution < -0.4 is 10.1 Å². The smallest absolute Gasteiger partial charge is 0.405 e. The van der Waals surface area contributed by atoms with Crippen LogP contribution in [0.3, 0.4) is 0 Å². The van der Waals surface area contributed by atoms with E-state index < -0.39 is 12.3 Å². The summed E-state index contributed by atoms with van der Waals surface area (Å²) in [6.45, 7) is 0.431. The van der Waals surface area contributed by atoms with Crippen LogP contribution in [0.2, 0.25) is 0 Å². The van der Waals surface area contributed by atoms with Crippen LogP contribution in [0.1, 0.15) is 16.8 Å². The van der Waals surface area contributed by atoms with Crippen molar-refractivity contribution in [1.29, 1.82) is 0 Å². The van der Waals surface area contributed by atoms with Crippen LogP contribution in [0.25, 0.3) is 6.08 Å². The fourth-order valence-electron chi connectivity index (χ4n) is 2.51. The van der Waals surface area contributed by atoms with Crippen LogP contribution in [-0.2, 0) is 17.9 Å². The molecule has 1 aromatic heterocycles. The lowest BCUT2D eigenvalue weighted by Crippen LogP contribution is -2.22. The highest BCUT2D eigenvalue weighted by molar-refractivity contribution is 5.91. The van der Waals surface area contributed by atoms with Crippen molar-refractivity contribution >= 4 is 12.0 Å². The number of carbonyl (C=O) groups is 1. The number of hydrogen-bond acceptors (Lipinski definition) is 4. The zero-order chi connectivity index (χ0) is 20.7. The topological polar surface area (TPSA) is 69.0 Å². The summed E-state index contributed by atoms with van der Waals surface area (Å²) in [5.74, 6) is -0.836. The van der Waals surface area contributed by atoms with Gasteiger partial charge in [0, 0.05) is 18.2 Å². The van der Waals surface area contributed by atoms with Crippen LogP contribution >= 0.6 is 0 Å². The van der Waals surface area contributed by atoms with Crippen molar-refractivity contribution in [2.75, 3.05) is 0 Å². The third kappa shape index (κ3) is 6.49. The molecule has 0 aliphatic heterocycles. The van der Waals surface area contributed by atoms with Crippen LogP contribution in [0, 0.1) is 0 Å². The molecule has 0 bridgehead atoms. The molecule has 9 heteroatoms. The zero-order valence-electron chi connectivity index (χ0n) is 15.1. The van der Waals surface area contributed by atoms with Crippen LogP contribution in [0.5, 0.6) is 5.75 Å². The number of carbonyl (C=O) groups excluding carboxylic acids is 1. The van der Waals surface area contributed by atoms with Gasteiger partial charge in [-0.25, -0.2) is 4.68 Å². The Morgan fingerprint density at radius 2 is 1.83 bits per heavy atom. The highest BCUT2D eigenvalue weighted by Gasteiger charge is 2.31. The Bertz CT molecular complexity index is 985. The number of amides is 1. The number of benzene rings is 2. The second-order valence-electron chi connectivity index (χ2n) is 6.03. The van der Waals surface area contributed by atoms with Gasteiger partial charge in [-0.3, -0.25) is 4.79 Å². The molecule has 0 radical (unpaired) electrons. The van der Waals surface area contributed by atoms with Gasteiger partial charge in [0.05, 0.1) is 12.7 Å². The summed E-state index contributed by atoms with van der Waals surface area (Å²) in [5, 5.41) is 10.5. The standard InChI is InChI=1S/C20H17F3N4O2/c21-20(22,23)29-18-9-5-4-8-16(18)12-24-19(28)11-10-17-14-27(26-25-17)13-15-6-2-1-3-7-15/h1-11,14H,12-13H2,(H,24,28)/b11-10+. The van der Waals surface area contributed by atoms with E-state index in [1.165, 1.54) is 30.4 Å². The largest absolute Gasteiger partial charge is 0.573 e. The fourth-order valence-corrected chi connectivity index (χ4v) is 2.51. The predicted molar refractivity (Wildman–Crippen MR) is 99.6 cm³/mol. The van der Waals surface area contributed by atoms with Crippen molar-refractivity contribution in [3.63, 3.8) is 0 Å². The van der Waals surface area contributed by atoms with Crippen LogP contribution in [0.4, 0.5) is 13.2 Å². The first-order valence-corrected chi connectivity index (χ1v) is 8.63. The molecule has 0 fully saturated rings. The SMILES string of the molecule is O=C(/C=C/c1cn(Cc2ccccc2)nn1)NCc1ccccc1OC(F)(F)F. The van der Waals surface area contributed by atoms with E-state index in [9.17, 15) is 18.0 Å². The first-order chi connectivity index (χ1) is 13.9. The van der Waals surface area contributed by atoms with E-state index >= 15 is 0 Å². The van der Waals surface area contributed by atoms with Gasteiger partial charge in [-0.1, -0.05) is 53.7 Å². The number of hydrogen-bond donors (Lipinski definition) is 1. The minimum atomic E-state index is -4.80. The van der Waals surface area contributed by atoms with Gasteiger partial charge in [-0.2, -0.15) is 0 Å². The molecule has 0 unspecified atom stereocenters. The van der Waals surface area contributed by atoms with Crippen molar-refractivity contribution in [3.8, 4) is 5.75 Å². The maximum Gasteiger partial charge on any atom is 0.573 e. The number of nitrogens with one attached hydrogen (secondary N) is 1. The number of ether oxygens (including phenoxy) is 1. The lowest BCUT2D eigenvalue weighted by atomic mass is 10.2. The zero-order valence-corrected chi connectivity index (χ0v) is 15.1. The van der Waals surface area contributed by atoms with E-state index in [0.717, 1.165) is 5.56 Å². The average molecular weight is 402 g/mol. The maximum absolute atomic E-state index is 12.4. The molecule has 0 atom stereocenters. The van der Waals surface area contributed by atoms with E-state index in [4.69, 9.17) is 0 Å². The van der Waals surface area contributed by atoms with E-state index in [2.05, 4.69) is 20.4 Å². The van der Waals surface area contributed by atoms with Crippen molar-refractivity contribution in [2.24, 2.45) is 0 Å². The van der Waals surface area contributed by atoms with E-state index in [-0.39, 0.29) is 17.9 Å². The molecule has 1 N–H and O–H groups in total. The molecule has 0 spiro atoms. The molecule has 0 saturated heterocycles. The second kappa shape index (κ2) is 9.05. The lowest BCUT2D eigenvalue weighted by molar-refractivity contribution is -0.274. The third-order valence-electron chi connectivity index (χ3n) is 3.80. The Morgan fingerprint density at radius 1 is 1.10 bits per heavy atom. The Hall–Kier alpha value is -3.62. The number of alkyl halides is 3. The van der Waals surface area contributed by atoms with E-state index in [1.54, 1.807) is 16.9 Å². The normalized spacial score (nSPS) is 11.6.